The number of carbonyl (C=O) groups excluding carboxylic acids is 1. The number of ether oxygens (including phenoxy) is 3. The molecule has 1 fully saturated rings. The lowest BCUT2D eigenvalue weighted by molar-refractivity contribution is -0.129. The van der Waals surface area contributed by atoms with Crippen molar-refractivity contribution < 1.29 is 19.0 Å². The third-order valence-electron chi connectivity index (χ3n) is 5.52. The first kappa shape index (κ1) is 22.0. The van der Waals surface area contributed by atoms with Crippen molar-refractivity contribution >= 4 is 17.7 Å². The summed E-state index contributed by atoms with van der Waals surface area (Å²) >= 11 is 1.33. The maximum atomic E-state index is 13.1. The second-order valence-electron chi connectivity index (χ2n) is 7.34. The lowest BCUT2D eigenvalue weighted by Gasteiger charge is -2.26. The SMILES string of the molecule is COc1ccc(-c2nc(SCC(=O)N3CCC[C@@H]3c3cc(OC)ccc3OC)n[nH]2)cc1. The highest BCUT2D eigenvalue weighted by atomic mass is 32.2. The summed E-state index contributed by atoms with van der Waals surface area (Å²) in [5.74, 6) is 3.27. The van der Waals surface area contributed by atoms with Crippen molar-refractivity contribution in [3.8, 4) is 28.6 Å². The van der Waals surface area contributed by atoms with Gasteiger partial charge in [-0.15, -0.1) is 5.10 Å². The van der Waals surface area contributed by atoms with Gasteiger partial charge in [-0.2, -0.15) is 0 Å². The van der Waals surface area contributed by atoms with Crippen molar-refractivity contribution in [2.75, 3.05) is 33.6 Å². The average molecular weight is 455 g/mol. The van der Waals surface area contributed by atoms with Gasteiger partial charge in [0.2, 0.25) is 11.1 Å². The van der Waals surface area contributed by atoms with E-state index in [0.29, 0.717) is 11.0 Å². The van der Waals surface area contributed by atoms with Crippen LogP contribution >= 0.6 is 11.8 Å². The van der Waals surface area contributed by atoms with E-state index in [0.717, 1.165) is 47.8 Å². The molecule has 9 heteroatoms. The minimum atomic E-state index is -0.0323. The Morgan fingerprint density at radius 2 is 1.84 bits per heavy atom. The van der Waals surface area contributed by atoms with Gasteiger partial charge in [0.15, 0.2) is 5.82 Å². The number of nitrogens with zero attached hydrogens (tertiary/aromatic N) is 3. The number of benzene rings is 2. The van der Waals surface area contributed by atoms with E-state index in [1.807, 2.05) is 47.4 Å². The number of amides is 1. The first-order valence-electron chi connectivity index (χ1n) is 10.3. The smallest absolute Gasteiger partial charge is 0.233 e. The summed E-state index contributed by atoms with van der Waals surface area (Å²) in [6.45, 7) is 0.718. The van der Waals surface area contributed by atoms with Gasteiger partial charge in [-0.3, -0.25) is 9.89 Å². The summed E-state index contributed by atoms with van der Waals surface area (Å²) in [6, 6.07) is 13.2. The van der Waals surface area contributed by atoms with Gasteiger partial charge >= 0.3 is 0 Å². The molecule has 0 bridgehead atoms. The summed E-state index contributed by atoms with van der Waals surface area (Å²) in [6.07, 6.45) is 1.84. The highest BCUT2D eigenvalue weighted by molar-refractivity contribution is 7.99. The summed E-state index contributed by atoms with van der Waals surface area (Å²) in [4.78, 5) is 19.5. The Balaban J connectivity index is 1.42. The van der Waals surface area contributed by atoms with Crippen molar-refractivity contribution in [1.82, 2.24) is 20.1 Å². The monoisotopic (exact) mass is 454 g/mol. The molecule has 1 saturated heterocycles. The van der Waals surface area contributed by atoms with E-state index >= 15 is 0 Å². The second kappa shape index (κ2) is 9.95. The van der Waals surface area contributed by atoms with Crippen LogP contribution < -0.4 is 14.2 Å². The molecule has 0 radical (unpaired) electrons. The van der Waals surface area contributed by atoms with Gasteiger partial charge in [-0.1, -0.05) is 11.8 Å². The van der Waals surface area contributed by atoms with Crippen LogP contribution in [0.3, 0.4) is 0 Å². The molecule has 1 atom stereocenters. The second-order valence-corrected chi connectivity index (χ2v) is 8.28. The number of hydrogen-bond acceptors (Lipinski definition) is 7. The molecule has 0 saturated carbocycles. The van der Waals surface area contributed by atoms with Crippen LogP contribution in [0.15, 0.2) is 47.6 Å². The fourth-order valence-corrected chi connectivity index (χ4v) is 4.57. The van der Waals surface area contributed by atoms with Crippen LogP contribution in [-0.2, 0) is 4.79 Å². The minimum Gasteiger partial charge on any atom is -0.497 e. The Labute approximate surface area is 191 Å². The summed E-state index contributed by atoms with van der Waals surface area (Å²) in [5.41, 5.74) is 1.88. The topological polar surface area (TPSA) is 89.6 Å². The molecule has 4 rings (SSSR count). The van der Waals surface area contributed by atoms with Crippen LogP contribution in [-0.4, -0.2) is 59.6 Å². The molecular weight excluding hydrogens is 428 g/mol. The molecule has 32 heavy (non-hydrogen) atoms. The van der Waals surface area contributed by atoms with E-state index in [4.69, 9.17) is 14.2 Å². The maximum absolute atomic E-state index is 13.1. The van der Waals surface area contributed by atoms with Crippen LogP contribution in [0.5, 0.6) is 17.2 Å². The number of carbonyl (C=O) groups is 1. The number of likely N-dealkylation sites (tertiary alicyclic amines) is 1. The van der Waals surface area contributed by atoms with E-state index in [2.05, 4.69) is 15.2 Å². The highest BCUT2D eigenvalue weighted by Crippen LogP contribution is 2.39. The van der Waals surface area contributed by atoms with Gasteiger partial charge in [-0.05, 0) is 55.3 Å². The maximum Gasteiger partial charge on any atom is 0.233 e. The molecule has 0 spiro atoms. The first-order chi connectivity index (χ1) is 15.6. The van der Waals surface area contributed by atoms with Crippen LogP contribution in [0.25, 0.3) is 11.4 Å². The number of rotatable bonds is 8. The quantitative estimate of drug-likeness (QED) is 0.516. The van der Waals surface area contributed by atoms with Gasteiger partial charge in [0.1, 0.15) is 17.2 Å². The molecule has 3 aromatic rings. The molecule has 8 nitrogen and oxygen atoms in total. The van der Waals surface area contributed by atoms with E-state index in [1.54, 1.807) is 21.3 Å². The molecule has 1 N–H and O–H groups in total. The Hall–Kier alpha value is -3.20. The molecule has 1 aliphatic rings. The number of aromatic amines is 1. The van der Waals surface area contributed by atoms with Crippen LogP contribution in [0.4, 0.5) is 0 Å². The molecule has 168 valence electrons. The number of thioether (sulfide) groups is 1. The zero-order valence-electron chi connectivity index (χ0n) is 18.3. The molecule has 1 aromatic heterocycles. The number of methoxy groups -OCH3 is 3. The number of hydrogen-bond donors (Lipinski definition) is 1. The van der Waals surface area contributed by atoms with Crippen LogP contribution in [0.2, 0.25) is 0 Å². The van der Waals surface area contributed by atoms with E-state index in [1.165, 1.54) is 11.8 Å². The molecule has 0 aliphatic carbocycles. The molecule has 0 unspecified atom stereocenters. The summed E-state index contributed by atoms with van der Waals surface area (Å²) in [7, 11) is 4.91. The Kier molecular flexibility index (Phi) is 6.84. The number of H-pyrrole nitrogens is 1. The molecule has 1 aliphatic heterocycles. The summed E-state index contributed by atoms with van der Waals surface area (Å²) < 4.78 is 16.1. The van der Waals surface area contributed by atoms with E-state index < -0.39 is 0 Å². The fraction of sp³-hybridized carbons (Fsp3) is 0.348. The van der Waals surface area contributed by atoms with Gasteiger partial charge in [-0.25, -0.2) is 4.98 Å². The largest absolute Gasteiger partial charge is 0.497 e. The zero-order chi connectivity index (χ0) is 22.5. The zero-order valence-corrected chi connectivity index (χ0v) is 19.1. The molecule has 2 heterocycles. The normalized spacial score (nSPS) is 15.6. The van der Waals surface area contributed by atoms with Gasteiger partial charge in [0.05, 0.1) is 33.1 Å². The predicted octanol–water partition coefficient (Wildman–Crippen LogP) is 3.95. The van der Waals surface area contributed by atoms with E-state index in [9.17, 15) is 4.79 Å². The summed E-state index contributed by atoms with van der Waals surface area (Å²) in [5, 5.41) is 7.73. The van der Waals surface area contributed by atoms with Crippen LogP contribution in [0.1, 0.15) is 24.4 Å². The number of aromatic nitrogens is 3. The third-order valence-corrected chi connectivity index (χ3v) is 6.35. The van der Waals surface area contributed by atoms with Crippen molar-refractivity contribution in [2.24, 2.45) is 0 Å². The average Bonchev–Trinajstić information content (AvgIpc) is 3.52. The highest BCUT2D eigenvalue weighted by Gasteiger charge is 2.32. The van der Waals surface area contributed by atoms with Gasteiger partial charge in [0.25, 0.3) is 0 Å². The Bertz CT molecular complexity index is 1070. The lowest BCUT2D eigenvalue weighted by Crippen LogP contribution is -2.32. The molecule has 2 aromatic carbocycles. The fourth-order valence-electron chi connectivity index (χ4n) is 3.89. The first-order valence-corrected chi connectivity index (χ1v) is 11.3. The number of nitrogens with one attached hydrogen (secondary N) is 1. The Morgan fingerprint density at radius 1 is 1.09 bits per heavy atom. The van der Waals surface area contributed by atoms with Crippen molar-refractivity contribution in [1.29, 1.82) is 0 Å². The van der Waals surface area contributed by atoms with Crippen LogP contribution in [0, 0.1) is 0 Å². The minimum absolute atomic E-state index is 0.0323. The predicted molar refractivity (Wildman–Crippen MR) is 122 cm³/mol. The standard InChI is InChI=1S/C23H26N4O4S/c1-29-16-8-6-15(7-9-16)22-24-23(26-25-22)32-14-21(28)27-12-4-5-19(27)18-13-17(30-2)10-11-20(18)31-3/h6-11,13,19H,4-5,12,14H2,1-3H3,(H,24,25,26)/t19-/m1/s1. The molecule has 1 amide bonds. The van der Waals surface area contributed by atoms with Gasteiger partial charge < -0.3 is 19.1 Å². The van der Waals surface area contributed by atoms with E-state index in [-0.39, 0.29) is 17.7 Å². The lowest BCUT2D eigenvalue weighted by atomic mass is 10.0. The van der Waals surface area contributed by atoms with Crippen molar-refractivity contribution in [3.63, 3.8) is 0 Å². The molecular formula is C23H26N4O4S. The third kappa shape index (κ3) is 4.67. The van der Waals surface area contributed by atoms with Crippen molar-refractivity contribution in [3.05, 3.63) is 48.0 Å². The van der Waals surface area contributed by atoms with Gasteiger partial charge in [0, 0.05) is 17.7 Å². The Morgan fingerprint density at radius 3 is 2.56 bits per heavy atom. The van der Waals surface area contributed by atoms with Crippen molar-refractivity contribution in [2.45, 2.75) is 24.0 Å².